The van der Waals surface area contributed by atoms with Crippen molar-refractivity contribution in [2.24, 2.45) is 0 Å². The van der Waals surface area contributed by atoms with Crippen molar-refractivity contribution in [3.05, 3.63) is 60.2 Å². The number of likely N-dealkylation sites (tertiary alicyclic amines) is 1. The second-order valence-electron chi connectivity index (χ2n) is 5.39. The van der Waals surface area contributed by atoms with Crippen molar-refractivity contribution in [3.63, 3.8) is 0 Å². The van der Waals surface area contributed by atoms with Gasteiger partial charge in [0, 0.05) is 19.6 Å². The van der Waals surface area contributed by atoms with E-state index in [1.54, 1.807) is 0 Å². The van der Waals surface area contributed by atoms with Gasteiger partial charge in [0.15, 0.2) is 0 Å². The van der Waals surface area contributed by atoms with Gasteiger partial charge in [0.25, 0.3) is 0 Å². The zero-order valence-corrected chi connectivity index (χ0v) is 11.3. The average molecular weight is 269 g/mol. The van der Waals surface area contributed by atoms with E-state index in [0.29, 0.717) is 13.1 Å². The first-order chi connectivity index (χ1) is 9.72. The fourth-order valence-electron chi connectivity index (χ4n) is 2.67. The van der Waals surface area contributed by atoms with Gasteiger partial charge in [0.2, 0.25) is 0 Å². The monoisotopic (exact) mass is 269 g/mol. The van der Waals surface area contributed by atoms with Crippen molar-refractivity contribution >= 4 is 0 Å². The molecule has 20 heavy (non-hydrogen) atoms. The van der Waals surface area contributed by atoms with E-state index in [4.69, 9.17) is 0 Å². The Labute approximate surface area is 119 Å². The van der Waals surface area contributed by atoms with Crippen molar-refractivity contribution in [3.8, 4) is 11.1 Å². The number of aliphatic hydroxyl groups is 2. The third-order valence-corrected chi connectivity index (χ3v) is 3.80. The first-order valence-electron chi connectivity index (χ1n) is 6.95. The summed E-state index contributed by atoms with van der Waals surface area (Å²) in [4.78, 5) is 2.08. The molecule has 1 fully saturated rings. The van der Waals surface area contributed by atoms with Crippen LogP contribution in [-0.2, 0) is 6.54 Å². The van der Waals surface area contributed by atoms with Crippen LogP contribution in [0, 0.1) is 0 Å². The van der Waals surface area contributed by atoms with Gasteiger partial charge in [-0.25, -0.2) is 0 Å². The summed E-state index contributed by atoms with van der Waals surface area (Å²) in [6.07, 6.45) is -1.22. The number of nitrogens with zero attached hydrogens (tertiary/aromatic N) is 1. The van der Waals surface area contributed by atoms with Crippen LogP contribution in [0.1, 0.15) is 5.56 Å². The minimum atomic E-state index is -0.612. The second-order valence-corrected chi connectivity index (χ2v) is 5.39. The fraction of sp³-hybridized carbons (Fsp3) is 0.294. The van der Waals surface area contributed by atoms with Gasteiger partial charge < -0.3 is 10.2 Å². The Morgan fingerprint density at radius 2 is 1.35 bits per heavy atom. The Bertz CT molecular complexity index is 543. The second kappa shape index (κ2) is 5.75. The summed E-state index contributed by atoms with van der Waals surface area (Å²) < 4.78 is 0. The maximum Gasteiger partial charge on any atom is 0.0938 e. The molecule has 3 rings (SSSR count). The molecule has 0 radical (unpaired) electrons. The van der Waals surface area contributed by atoms with Gasteiger partial charge in [0.1, 0.15) is 0 Å². The standard InChI is InChI=1S/C17H19NO2/c19-16-11-18(12-17(16)20)10-13-6-8-15(9-7-13)14-4-2-1-3-5-14/h1-9,16-17,19-20H,10-12H2. The molecule has 0 amide bonds. The number of aliphatic hydroxyl groups excluding tert-OH is 2. The molecular weight excluding hydrogens is 250 g/mol. The molecule has 2 aromatic rings. The van der Waals surface area contributed by atoms with Crippen molar-refractivity contribution in [2.75, 3.05) is 13.1 Å². The van der Waals surface area contributed by atoms with Crippen molar-refractivity contribution < 1.29 is 10.2 Å². The van der Waals surface area contributed by atoms with E-state index in [9.17, 15) is 10.2 Å². The first-order valence-corrected chi connectivity index (χ1v) is 6.95. The summed E-state index contributed by atoms with van der Waals surface area (Å²) in [6.45, 7) is 1.85. The molecule has 0 saturated carbocycles. The van der Waals surface area contributed by atoms with Crippen LogP contribution in [0.2, 0.25) is 0 Å². The molecule has 2 aromatic carbocycles. The van der Waals surface area contributed by atoms with Gasteiger partial charge in [-0.1, -0.05) is 54.6 Å². The predicted octanol–water partition coefficient (Wildman–Crippen LogP) is 1.89. The van der Waals surface area contributed by atoms with E-state index < -0.39 is 12.2 Å². The Kier molecular flexibility index (Phi) is 3.83. The Morgan fingerprint density at radius 1 is 0.800 bits per heavy atom. The predicted molar refractivity (Wildman–Crippen MR) is 79.2 cm³/mol. The lowest BCUT2D eigenvalue weighted by molar-refractivity contribution is 0.0572. The highest BCUT2D eigenvalue weighted by molar-refractivity contribution is 5.63. The summed E-state index contributed by atoms with van der Waals surface area (Å²) in [5.74, 6) is 0. The highest BCUT2D eigenvalue weighted by Gasteiger charge is 2.29. The number of benzene rings is 2. The van der Waals surface area contributed by atoms with E-state index >= 15 is 0 Å². The minimum absolute atomic E-state index is 0.543. The zero-order chi connectivity index (χ0) is 13.9. The van der Waals surface area contributed by atoms with Crippen LogP contribution < -0.4 is 0 Å². The Balaban J connectivity index is 1.68. The van der Waals surface area contributed by atoms with Crippen LogP contribution in [0.3, 0.4) is 0 Å². The van der Waals surface area contributed by atoms with Gasteiger partial charge in [0.05, 0.1) is 12.2 Å². The van der Waals surface area contributed by atoms with Gasteiger partial charge in [-0.15, -0.1) is 0 Å². The van der Waals surface area contributed by atoms with E-state index in [1.165, 1.54) is 16.7 Å². The largest absolute Gasteiger partial charge is 0.389 e. The lowest BCUT2D eigenvalue weighted by atomic mass is 10.0. The molecule has 0 aliphatic carbocycles. The summed E-state index contributed by atoms with van der Waals surface area (Å²) in [7, 11) is 0. The van der Waals surface area contributed by atoms with E-state index in [-0.39, 0.29) is 0 Å². The molecule has 1 aliphatic rings. The van der Waals surface area contributed by atoms with Crippen LogP contribution >= 0.6 is 0 Å². The topological polar surface area (TPSA) is 43.7 Å². The van der Waals surface area contributed by atoms with E-state index in [1.807, 2.05) is 18.2 Å². The summed E-state index contributed by atoms with van der Waals surface area (Å²) in [6, 6.07) is 18.7. The average Bonchev–Trinajstić information content (AvgIpc) is 2.79. The summed E-state index contributed by atoms with van der Waals surface area (Å²) in [5.41, 5.74) is 3.62. The number of hydrogen-bond donors (Lipinski definition) is 2. The van der Waals surface area contributed by atoms with Crippen LogP contribution in [0.15, 0.2) is 54.6 Å². The third-order valence-electron chi connectivity index (χ3n) is 3.80. The molecule has 0 aromatic heterocycles. The Hall–Kier alpha value is -1.68. The van der Waals surface area contributed by atoms with Crippen molar-refractivity contribution in [1.29, 1.82) is 0 Å². The van der Waals surface area contributed by atoms with Gasteiger partial charge in [-0.3, -0.25) is 4.90 Å². The molecule has 1 aliphatic heterocycles. The number of hydrogen-bond acceptors (Lipinski definition) is 3. The van der Waals surface area contributed by atoms with Crippen LogP contribution in [0.5, 0.6) is 0 Å². The summed E-state index contributed by atoms with van der Waals surface area (Å²) in [5, 5.41) is 19.1. The molecule has 0 bridgehead atoms. The Morgan fingerprint density at radius 3 is 1.95 bits per heavy atom. The molecule has 2 atom stereocenters. The molecule has 0 spiro atoms. The fourth-order valence-corrected chi connectivity index (χ4v) is 2.67. The van der Waals surface area contributed by atoms with Gasteiger partial charge in [-0.05, 0) is 16.7 Å². The smallest absolute Gasteiger partial charge is 0.0938 e. The molecule has 3 nitrogen and oxygen atoms in total. The van der Waals surface area contributed by atoms with E-state index in [0.717, 1.165) is 6.54 Å². The number of rotatable bonds is 3. The van der Waals surface area contributed by atoms with Crippen LogP contribution in [-0.4, -0.2) is 40.4 Å². The highest BCUT2D eigenvalue weighted by atomic mass is 16.3. The molecule has 3 heteroatoms. The van der Waals surface area contributed by atoms with Gasteiger partial charge >= 0.3 is 0 Å². The lowest BCUT2D eigenvalue weighted by Crippen LogP contribution is -2.22. The maximum atomic E-state index is 9.55. The van der Waals surface area contributed by atoms with Crippen LogP contribution in [0.4, 0.5) is 0 Å². The zero-order valence-electron chi connectivity index (χ0n) is 11.3. The molecule has 1 saturated heterocycles. The van der Waals surface area contributed by atoms with Gasteiger partial charge in [-0.2, -0.15) is 0 Å². The molecule has 104 valence electrons. The molecule has 1 heterocycles. The molecule has 2 unspecified atom stereocenters. The first kappa shape index (κ1) is 13.3. The number of β-amino-alcohol motifs (C(OH)–C–C–N with tert-alkyl or cyclic N) is 2. The highest BCUT2D eigenvalue weighted by Crippen LogP contribution is 2.20. The molecular formula is C17H19NO2. The summed E-state index contributed by atoms with van der Waals surface area (Å²) >= 11 is 0. The molecule has 2 N–H and O–H groups in total. The van der Waals surface area contributed by atoms with Crippen molar-refractivity contribution in [2.45, 2.75) is 18.8 Å². The SMILES string of the molecule is OC1CN(Cc2ccc(-c3ccccc3)cc2)CC1O. The maximum absolute atomic E-state index is 9.55. The normalized spacial score (nSPS) is 23.1. The quantitative estimate of drug-likeness (QED) is 0.894. The third kappa shape index (κ3) is 2.90. The lowest BCUT2D eigenvalue weighted by Gasteiger charge is -2.15. The minimum Gasteiger partial charge on any atom is -0.389 e. The van der Waals surface area contributed by atoms with E-state index in [2.05, 4.69) is 41.3 Å². The van der Waals surface area contributed by atoms with Crippen molar-refractivity contribution in [1.82, 2.24) is 4.90 Å². The van der Waals surface area contributed by atoms with Crippen LogP contribution in [0.25, 0.3) is 11.1 Å².